The van der Waals surface area contributed by atoms with Crippen LogP contribution in [0.2, 0.25) is 5.02 Å². The van der Waals surface area contributed by atoms with Crippen LogP contribution >= 0.6 is 11.6 Å². The Hall–Kier alpha value is -3.01. The maximum absolute atomic E-state index is 13.2. The van der Waals surface area contributed by atoms with Crippen molar-refractivity contribution in [1.29, 1.82) is 0 Å². The molecular formula is C19H14ClF3N6O. The zero-order valence-corrected chi connectivity index (χ0v) is 16.1. The molecule has 1 aromatic carbocycles. The second-order valence-electron chi connectivity index (χ2n) is 7.19. The molecule has 2 bridgehead atoms. The van der Waals surface area contributed by atoms with E-state index >= 15 is 0 Å². The average molecular weight is 435 g/mol. The summed E-state index contributed by atoms with van der Waals surface area (Å²) >= 11 is 5.99. The Labute approximate surface area is 173 Å². The molecule has 2 aromatic heterocycles. The molecule has 0 spiro atoms. The minimum absolute atomic E-state index is 0.164. The summed E-state index contributed by atoms with van der Waals surface area (Å²) in [6, 6.07) is 4.47. The molecule has 0 N–H and O–H groups in total. The van der Waals surface area contributed by atoms with Crippen LogP contribution in [0.15, 0.2) is 36.7 Å². The molecule has 1 fully saturated rings. The van der Waals surface area contributed by atoms with Gasteiger partial charge in [-0.25, -0.2) is 9.97 Å². The lowest BCUT2D eigenvalue weighted by molar-refractivity contribution is -0.137. The number of hydrogen-bond donors (Lipinski definition) is 0. The van der Waals surface area contributed by atoms with Gasteiger partial charge in [0.2, 0.25) is 5.82 Å². The highest BCUT2D eigenvalue weighted by Gasteiger charge is 2.46. The maximum Gasteiger partial charge on any atom is 0.417 e. The van der Waals surface area contributed by atoms with Gasteiger partial charge in [0.05, 0.1) is 28.2 Å². The predicted octanol–water partition coefficient (Wildman–Crippen LogP) is 3.77. The summed E-state index contributed by atoms with van der Waals surface area (Å²) in [5.41, 5.74) is -1.19. The van der Waals surface area contributed by atoms with E-state index in [2.05, 4.69) is 20.2 Å². The predicted molar refractivity (Wildman–Crippen MR) is 99.4 cm³/mol. The third-order valence-corrected chi connectivity index (χ3v) is 5.92. The molecule has 0 aliphatic carbocycles. The minimum atomic E-state index is -4.64. The van der Waals surface area contributed by atoms with Crippen molar-refractivity contribution in [3.05, 3.63) is 58.6 Å². The standard InChI is InChI=1S/C19H14ClF3N6O/c20-14-11(3-1-4-12(14)19(21,22)23)18(30)29-10-5-6-13(29)16-26-27-17(28(16)9-10)15-24-7-2-8-25-15/h1-4,7-8,10,13H,5-6,9H2/t10-,13-/m1/s1. The van der Waals surface area contributed by atoms with E-state index in [1.165, 1.54) is 12.1 Å². The van der Waals surface area contributed by atoms with Gasteiger partial charge >= 0.3 is 6.18 Å². The topological polar surface area (TPSA) is 76.8 Å². The Bertz CT molecular complexity index is 1130. The summed E-state index contributed by atoms with van der Waals surface area (Å²) in [5.74, 6) is 0.969. The summed E-state index contributed by atoms with van der Waals surface area (Å²) in [4.78, 5) is 23.2. The summed E-state index contributed by atoms with van der Waals surface area (Å²) in [6.07, 6.45) is -0.0923. The first kappa shape index (κ1) is 19.0. The molecule has 4 heterocycles. The Morgan fingerprint density at radius 1 is 1.10 bits per heavy atom. The third kappa shape index (κ3) is 2.85. The van der Waals surface area contributed by atoms with Crippen molar-refractivity contribution in [3.8, 4) is 11.6 Å². The lowest BCUT2D eigenvalue weighted by atomic mass is 10.1. The fourth-order valence-corrected chi connectivity index (χ4v) is 4.52. The first-order valence-electron chi connectivity index (χ1n) is 9.25. The molecule has 0 unspecified atom stereocenters. The number of fused-ring (bicyclic) bond motifs is 4. The maximum atomic E-state index is 13.2. The molecule has 2 aliphatic heterocycles. The minimum Gasteiger partial charge on any atom is -0.324 e. The number of alkyl halides is 3. The Balaban J connectivity index is 1.52. The van der Waals surface area contributed by atoms with Crippen LogP contribution in [0.25, 0.3) is 11.6 Å². The number of aromatic nitrogens is 5. The van der Waals surface area contributed by atoms with E-state index in [4.69, 9.17) is 11.6 Å². The van der Waals surface area contributed by atoms with E-state index in [0.29, 0.717) is 36.9 Å². The van der Waals surface area contributed by atoms with Gasteiger partial charge in [-0.15, -0.1) is 10.2 Å². The normalized spacial score (nSPS) is 20.3. The van der Waals surface area contributed by atoms with Crippen LogP contribution < -0.4 is 0 Å². The van der Waals surface area contributed by atoms with Gasteiger partial charge in [-0.2, -0.15) is 13.2 Å². The first-order chi connectivity index (χ1) is 14.4. The largest absolute Gasteiger partial charge is 0.417 e. The van der Waals surface area contributed by atoms with E-state index in [0.717, 1.165) is 6.07 Å². The lowest BCUT2D eigenvalue weighted by Gasteiger charge is -2.35. The fraction of sp³-hybridized carbons (Fsp3) is 0.316. The summed E-state index contributed by atoms with van der Waals surface area (Å²) in [6.45, 7) is 0.411. The smallest absolute Gasteiger partial charge is 0.324 e. The van der Waals surface area contributed by atoms with Crippen LogP contribution in [-0.4, -0.2) is 41.6 Å². The number of rotatable bonds is 2. The van der Waals surface area contributed by atoms with Gasteiger partial charge in [0, 0.05) is 18.9 Å². The first-order valence-corrected chi connectivity index (χ1v) is 9.63. The molecule has 3 aromatic rings. The van der Waals surface area contributed by atoms with E-state index < -0.39 is 28.7 Å². The zero-order chi connectivity index (χ0) is 21.0. The molecule has 1 amide bonds. The molecular weight excluding hydrogens is 421 g/mol. The van der Waals surface area contributed by atoms with Crippen LogP contribution in [0.4, 0.5) is 13.2 Å². The quantitative estimate of drug-likeness (QED) is 0.613. The summed E-state index contributed by atoms with van der Waals surface area (Å²) < 4.78 is 41.5. The van der Waals surface area contributed by atoms with Gasteiger partial charge in [0.15, 0.2) is 11.6 Å². The van der Waals surface area contributed by atoms with Crippen LogP contribution in [0, 0.1) is 0 Å². The number of nitrogens with zero attached hydrogens (tertiary/aromatic N) is 6. The Morgan fingerprint density at radius 3 is 2.60 bits per heavy atom. The third-order valence-electron chi connectivity index (χ3n) is 5.51. The molecule has 2 aliphatic rings. The van der Waals surface area contributed by atoms with Crippen LogP contribution in [0.1, 0.15) is 40.6 Å². The van der Waals surface area contributed by atoms with Crippen molar-refractivity contribution in [2.75, 3.05) is 0 Å². The Morgan fingerprint density at radius 2 is 1.87 bits per heavy atom. The second kappa shape index (κ2) is 6.76. The molecule has 154 valence electrons. The molecule has 0 radical (unpaired) electrons. The van der Waals surface area contributed by atoms with E-state index in [-0.39, 0.29) is 11.6 Å². The van der Waals surface area contributed by atoms with Gasteiger partial charge in [-0.05, 0) is 31.0 Å². The molecule has 2 atom stereocenters. The lowest BCUT2D eigenvalue weighted by Crippen LogP contribution is -2.44. The van der Waals surface area contributed by atoms with Gasteiger partial charge in [0.1, 0.15) is 0 Å². The number of hydrogen-bond acceptors (Lipinski definition) is 5. The summed E-state index contributed by atoms with van der Waals surface area (Å²) in [5, 5.41) is 7.85. The molecule has 5 rings (SSSR count). The van der Waals surface area contributed by atoms with Crippen molar-refractivity contribution in [1.82, 2.24) is 29.6 Å². The van der Waals surface area contributed by atoms with Crippen LogP contribution in [0.5, 0.6) is 0 Å². The average Bonchev–Trinajstić information content (AvgIpc) is 3.28. The fourth-order valence-electron chi connectivity index (χ4n) is 4.21. The van der Waals surface area contributed by atoms with Crippen molar-refractivity contribution in [3.63, 3.8) is 0 Å². The van der Waals surface area contributed by atoms with E-state index in [9.17, 15) is 18.0 Å². The molecule has 0 saturated carbocycles. The number of carbonyl (C=O) groups is 1. The highest BCUT2D eigenvalue weighted by molar-refractivity contribution is 6.34. The highest BCUT2D eigenvalue weighted by Crippen LogP contribution is 2.44. The second-order valence-corrected chi connectivity index (χ2v) is 7.57. The highest BCUT2D eigenvalue weighted by atomic mass is 35.5. The van der Waals surface area contributed by atoms with Crippen molar-refractivity contribution in [2.45, 2.75) is 37.6 Å². The van der Waals surface area contributed by atoms with Gasteiger partial charge in [0.25, 0.3) is 5.91 Å². The SMILES string of the molecule is O=C(c1cccc(C(F)(F)F)c1Cl)N1[C@@H]2CC[C@@H]1c1nnc(-c3ncccn3)n1C2. The number of halogens is 4. The number of carbonyl (C=O) groups excluding carboxylic acids is 1. The van der Waals surface area contributed by atoms with Crippen molar-refractivity contribution < 1.29 is 18.0 Å². The van der Waals surface area contributed by atoms with E-state index in [1.807, 2.05) is 4.57 Å². The van der Waals surface area contributed by atoms with Crippen LogP contribution in [0.3, 0.4) is 0 Å². The van der Waals surface area contributed by atoms with Gasteiger partial charge < -0.3 is 9.47 Å². The molecule has 11 heteroatoms. The molecule has 30 heavy (non-hydrogen) atoms. The molecule has 7 nitrogen and oxygen atoms in total. The summed E-state index contributed by atoms with van der Waals surface area (Å²) in [7, 11) is 0. The van der Waals surface area contributed by atoms with Crippen molar-refractivity contribution in [2.24, 2.45) is 0 Å². The zero-order valence-electron chi connectivity index (χ0n) is 15.3. The number of benzene rings is 1. The van der Waals surface area contributed by atoms with Gasteiger partial charge in [-0.1, -0.05) is 17.7 Å². The van der Waals surface area contributed by atoms with Gasteiger partial charge in [-0.3, -0.25) is 4.79 Å². The van der Waals surface area contributed by atoms with E-state index in [1.54, 1.807) is 23.4 Å². The monoisotopic (exact) mass is 434 g/mol. The molecule has 1 saturated heterocycles. The van der Waals surface area contributed by atoms with Crippen LogP contribution in [-0.2, 0) is 12.7 Å². The Kier molecular flexibility index (Phi) is 4.28. The number of amides is 1. The van der Waals surface area contributed by atoms with Crippen molar-refractivity contribution >= 4 is 17.5 Å².